The number of aromatic nitrogens is 2. The van der Waals surface area contributed by atoms with Crippen LogP contribution in [0.1, 0.15) is 33.2 Å². The summed E-state index contributed by atoms with van der Waals surface area (Å²) in [5, 5.41) is 0. The zero-order valence-corrected chi connectivity index (χ0v) is 17.1. The zero-order chi connectivity index (χ0) is 20.8. The van der Waals surface area contributed by atoms with Gasteiger partial charge in [-0.25, -0.2) is 9.18 Å². The van der Waals surface area contributed by atoms with Gasteiger partial charge in [-0.3, -0.25) is 14.8 Å². The van der Waals surface area contributed by atoms with Crippen molar-refractivity contribution in [2.75, 3.05) is 0 Å². The summed E-state index contributed by atoms with van der Waals surface area (Å²) in [4.78, 5) is 33.2. The molecule has 3 heterocycles. The predicted octanol–water partition coefficient (Wildman–Crippen LogP) is 4.36. The third-order valence-electron chi connectivity index (χ3n) is 5.33. The van der Waals surface area contributed by atoms with Crippen molar-refractivity contribution in [2.24, 2.45) is 0 Å². The van der Waals surface area contributed by atoms with Crippen molar-refractivity contribution in [3.8, 4) is 0 Å². The second-order valence-corrected chi connectivity index (χ2v) is 7.93. The van der Waals surface area contributed by atoms with Gasteiger partial charge in [-0.1, -0.05) is 24.3 Å². The standard InChI is InChI=1S/C22H15BrFN3O3/c23-20-15(24)7-8-25-17(20)10-18-13-3-1-2-4-14(13)21(28)27(18)11-12-5-6-16-19(9-12)30-22(29)26-16/h1-9,18H,10-11H2,(H,26,29). The molecule has 4 aromatic rings. The molecule has 1 N–H and O–H groups in total. The molecule has 6 nitrogen and oxygen atoms in total. The van der Waals surface area contributed by atoms with E-state index in [1.54, 1.807) is 23.1 Å². The van der Waals surface area contributed by atoms with Crippen LogP contribution in [0.25, 0.3) is 11.1 Å². The van der Waals surface area contributed by atoms with E-state index in [-0.39, 0.29) is 11.9 Å². The van der Waals surface area contributed by atoms with Crippen LogP contribution >= 0.6 is 15.9 Å². The monoisotopic (exact) mass is 467 g/mol. The Hall–Kier alpha value is -3.26. The lowest BCUT2D eigenvalue weighted by Gasteiger charge is -2.26. The number of nitrogens with one attached hydrogen (secondary N) is 1. The second-order valence-electron chi connectivity index (χ2n) is 7.14. The van der Waals surface area contributed by atoms with Gasteiger partial charge >= 0.3 is 5.76 Å². The highest BCUT2D eigenvalue weighted by molar-refractivity contribution is 9.10. The molecule has 150 valence electrons. The van der Waals surface area contributed by atoms with Gasteiger partial charge in [0, 0.05) is 24.7 Å². The molecule has 1 aliphatic heterocycles. The molecular formula is C22H15BrFN3O3. The Balaban J connectivity index is 1.53. The van der Waals surface area contributed by atoms with Crippen molar-refractivity contribution in [3.63, 3.8) is 0 Å². The molecule has 1 unspecified atom stereocenters. The quantitative estimate of drug-likeness (QED) is 0.483. The highest BCUT2D eigenvalue weighted by Crippen LogP contribution is 2.38. The van der Waals surface area contributed by atoms with Crippen LogP contribution in [0.4, 0.5) is 4.39 Å². The van der Waals surface area contributed by atoms with Crippen LogP contribution in [-0.2, 0) is 13.0 Å². The minimum absolute atomic E-state index is 0.0984. The number of benzene rings is 2. The van der Waals surface area contributed by atoms with Crippen molar-refractivity contribution in [1.29, 1.82) is 0 Å². The van der Waals surface area contributed by atoms with Gasteiger partial charge in [0.2, 0.25) is 0 Å². The van der Waals surface area contributed by atoms with Crippen LogP contribution in [-0.4, -0.2) is 20.8 Å². The van der Waals surface area contributed by atoms with E-state index in [2.05, 4.69) is 25.9 Å². The summed E-state index contributed by atoms with van der Waals surface area (Å²) >= 11 is 3.27. The number of fused-ring (bicyclic) bond motifs is 2. The number of carbonyl (C=O) groups excluding carboxylic acids is 1. The van der Waals surface area contributed by atoms with Crippen LogP contribution in [0.3, 0.4) is 0 Å². The topological polar surface area (TPSA) is 79.2 Å². The Labute approximate surface area is 178 Å². The maximum atomic E-state index is 14.0. The third-order valence-corrected chi connectivity index (χ3v) is 6.16. The number of hydrogen-bond acceptors (Lipinski definition) is 4. The molecule has 0 saturated carbocycles. The first-order valence-electron chi connectivity index (χ1n) is 9.32. The fourth-order valence-electron chi connectivity index (χ4n) is 3.92. The first kappa shape index (κ1) is 18.7. The number of nitrogens with zero attached hydrogens (tertiary/aromatic N) is 2. The lowest BCUT2D eigenvalue weighted by atomic mass is 10.00. The van der Waals surface area contributed by atoms with Crippen LogP contribution in [0.2, 0.25) is 0 Å². The summed E-state index contributed by atoms with van der Waals surface area (Å²) in [5.41, 5.74) is 3.92. The molecule has 8 heteroatoms. The van der Waals surface area contributed by atoms with Crippen molar-refractivity contribution in [3.05, 3.63) is 98.0 Å². The van der Waals surface area contributed by atoms with E-state index in [1.165, 1.54) is 12.3 Å². The Morgan fingerprint density at radius 3 is 2.87 bits per heavy atom. The number of H-pyrrole nitrogens is 1. The number of hydrogen-bond donors (Lipinski definition) is 1. The van der Waals surface area contributed by atoms with Crippen LogP contribution in [0.5, 0.6) is 0 Å². The van der Waals surface area contributed by atoms with Crippen molar-refractivity contribution < 1.29 is 13.6 Å². The average molecular weight is 468 g/mol. The third kappa shape index (κ3) is 3.13. The SMILES string of the molecule is O=C1c2ccccc2C(Cc2nccc(F)c2Br)N1Cc1ccc2[nH]c(=O)oc2c1. The first-order chi connectivity index (χ1) is 14.5. The highest BCUT2D eigenvalue weighted by atomic mass is 79.9. The van der Waals surface area contributed by atoms with Gasteiger partial charge in [-0.15, -0.1) is 0 Å². The van der Waals surface area contributed by atoms with Crippen molar-refractivity contribution >= 4 is 32.9 Å². The van der Waals surface area contributed by atoms with E-state index in [0.717, 1.165) is 11.1 Å². The van der Waals surface area contributed by atoms with Crippen molar-refractivity contribution in [1.82, 2.24) is 14.9 Å². The number of pyridine rings is 1. The number of rotatable bonds is 4. The molecule has 1 amide bonds. The van der Waals surface area contributed by atoms with Gasteiger partial charge in [0.05, 0.1) is 21.7 Å². The molecule has 2 aromatic carbocycles. The number of carbonyl (C=O) groups is 1. The smallest absolute Gasteiger partial charge is 0.408 e. The molecule has 1 aliphatic rings. The van der Waals surface area contributed by atoms with Gasteiger partial charge in [-0.2, -0.15) is 0 Å². The highest BCUT2D eigenvalue weighted by Gasteiger charge is 2.37. The lowest BCUT2D eigenvalue weighted by molar-refractivity contribution is 0.0708. The largest absolute Gasteiger partial charge is 0.417 e. The summed E-state index contributed by atoms with van der Waals surface area (Å²) < 4.78 is 19.5. The van der Waals surface area contributed by atoms with E-state index in [4.69, 9.17) is 4.42 Å². The zero-order valence-electron chi connectivity index (χ0n) is 15.6. The molecule has 5 rings (SSSR count). The molecule has 30 heavy (non-hydrogen) atoms. The molecular weight excluding hydrogens is 453 g/mol. The van der Waals surface area contributed by atoms with Gasteiger partial charge < -0.3 is 9.32 Å². The van der Waals surface area contributed by atoms with Gasteiger partial charge in [-0.05, 0) is 51.3 Å². The minimum atomic E-state index is -0.522. The van der Waals surface area contributed by atoms with Crippen LogP contribution in [0, 0.1) is 5.82 Å². The van der Waals surface area contributed by atoms with E-state index >= 15 is 0 Å². The van der Waals surface area contributed by atoms with Crippen LogP contribution in [0.15, 0.2) is 68.4 Å². The Kier molecular flexibility index (Phi) is 4.51. The first-order valence-corrected chi connectivity index (χ1v) is 10.1. The van der Waals surface area contributed by atoms with E-state index in [9.17, 15) is 14.0 Å². The molecule has 0 saturated heterocycles. The number of oxazole rings is 1. The average Bonchev–Trinajstić information content (AvgIpc) is 3.23. The van der Waals surface area contributed by atoms with E-state index in [1.807, 2.05) is 24.3 Å². The van der Waals surface area contributed by atoms with E-state index < -0.39 is 11.6 Å². The van der Waals surface area contributed by atoms with Gasteiger partial charge in [0.25, 0.3) is 5.91 Å². The summed E-state index contributed by atoms with van der Waals surface area (Å²) in [6.45, 7) is 0.315. The maximum absolute atomic E-state index is 14.0. The minimum Gasteiger partial charge on any atom is -0.408 e. The molecule has 0 fully saturated rings. The number of amides is 1. The lowest BCUT2D eigenvalue weighted by Crippen LogP contribution is -2.29. The molecule has 2 aromatic heterocycles. The van der Waals surface area contributed by atoms with E-state index in [0.29, 0.717) is 39.8 Å². The van der Waals surface area contributed by atoms with Crippen LogP contribution < -0.4 is 5.76 Å². The Morgan fingerprint density at radius 1 is 1.17 bits per heavy atom. The van der Waals surface area contributed by atoms with Gasteiger partial charge in [0.1, 0.15) is 5.82 Å². The Bertz CT molecular complexity index is 1350. The fourth-order valence-corrected chi connectivity index (χ4v) is 4.32. The Morgan fingerprint density at radius 2 is 2.00 bits per heavy atom. The predicted molar refractivity (Wildman–Crippen MR) is 111 cm³/mol. The fraction of sp³-hybridized carbons (Fsp3) is 0.136. The molecule has 1 atom stereocenters. The molecule has 0 bridgehead atoms. The van der Waals surface area contributed by atoms with Crippen molar-refractivity contribution in [2.45, 2.75) is 19.0 Å². The normalized spacial score (nSPS) is 15.7. The second kappa shape index (κ2) is 7.21. The summed E-state index contributed by atoms with van der Waals surface area (Å²) in [7, 11) is 0. The molecule has 0 spiro atoms. The summed E-state index contributed by atoms with van der Waals surface area (Å²) in [5.74, 6) is -1.01. The number of aromatic amines is 1. The maximum Gasteiger partial charge on any atom is 0.417 e. The summed E-state index contributed by atoms with van der Waals surface area (Å²) in [6.07, 6.45) is 1.78. The van der Waals surface area contributed by atoms with Gasteiger partial charge in [0.15, 0.2) is 5.58 Å². The molecule has 0 radical (unpaired) electrons. The number of halogens is 2. The molecule has 0 aliphatic carbocycles. The summed E-state index contributed by atoms with van der Waals surface area (Å²) in [6, 6.07) is 13.8.